The first-order chi connectivity index (χ1) is 8.06. The second-order valence-electron chi connectivity index (χ2n) is 3.87. The zero-order valence-corrected chi connectivity index (χ0v) is 11.0. The van der Waals surface area contributed by atoms with E-state index in [1.165, 1.54) is 11.5 Å². The molecule has 0 aromatic carbocycles. The van der Waals surface area contributed by atoms with E-state index in [4.69, 9.17) is 0 Å². The summed E-state index contributed by atoms with van der Waals surface area (Å²) in [5.41, 5.74) is 1.04. The zero-order valence-electron chi connectivity index (χ0n) is 10.2. The van der Waals surface area contributed by atoms with Gasteiger partial charge in [-0.25, -0.2) is 9.97 Å². The van der Waals surface area contributed by atoms with Crippen LogP contribution in [-0.2, 0) is 0 Å². The number of hydrogen-bond donors (Lipinski definition) is 1. The minimum absolute atomic E-state index is 0.537. The van der Waals surface area contributed by atoms with Crippen molar-refractivity contribution in [2.24, 2.45) is 0 Å². The number of rotatable bonds is 3. The first kappa shape index (κ1) is 11.7. The van der Waals surface area contributed by atoms with Crippen LogP contribution in [0.25, 0.3) is 0 Å². The molecule has 1 N–H and O–H groups in total. The highest BCUT2D eigenvalue weighted by atomic mass is 32.1. The molecule has 2 aromatic rings. The predicted octanol–water partition coefficient (Wildman–Crippen LogP) is 1.75. The largest absolute Gasteiger partial charge is 0.362 e. The van der Waals surface area contributed by atoms with Gasteiger partial charge in [-0.15, -0.1) is 0 Å². The quantitative estimate of drug-likeness (QED) is 0.895. The van der Waals surface area contributed by atoms with E-state index in [0.29, 0.717) is 11.1 Å². The molecule has 0 saturated heterocycles. The molecule has 6 nitrogen and oxygen atoms in total. The van der Waals surface area contributed by atoms with E-state index in [0.717, 1.165) is 17.2 Å². The Kier molecular flexibility index (Phi) is 3.19. The number of aromatic nitrogens is 4. The molecule has 0 radical (unpaired) electrons. The number of anilines is 3. The van der Waals surface area contributed by atoms with E-state index >= 15 is 0 Å². The van der Waals surface area contributed by atoms with E-state index in [9.17, 15) is 0 Å². The third kappa shape index (κ3) is 2.68. The fourth-order valence-electron chi connectivity index (χ4n) is 1.39. The summed E-state index contributed by atoms with van der Waals surface area (Å²) in [6.45, 7) is 3.83. The van der Waals surface area contributed by atoms with Gasteiger partial charge in [-0.3, -0.25) is 5.32 Å². The molecule has 17 heavy (non-hydrogen) atoms. The predicted molar refractivity (Wildman–Crippen MR) is 69.0 cm³/mol. The molecule has 0 aliphatic rings. The second kappa shape index (κ2) is 4.62. The second-order valence-corrected chi connectivity index (χ2v) is 4.62. The number of nitrogens with one attached hydrogen (secondary N) is 1. The molecular weight excluding hydrogens is 236 g/mol. The Hall–Kier alpha value is -1.76. The first-order valence-electron chi connectivity index (χ1n) is 5.14. The monoisotopic (exact) mass is 250 g/mol. The molecule has 0 aliphatic heterocycles. The van der Waals surface area contributed by atoms with Gasteiger partial charge in [0.15, 0.2) is 0 Å². The van der Waals surface area contributed by atoms with Crippen molar-refractivity contribution in [2.75, 3.05) is 24.3 Å². The Balaban J connectivity index is 2.25. The van der Waals surface area contributed by atoms with Crippen LogP contribution in [0.1, 0.15) is 11.4 Å². The van der Waals surface area contributed by atoms with Crippen LogP contribution in [0.3, 0.4) is 0 Å². The van der Waals surface area contributed by atoms with Crippen LogP contribution in [0.5, 0.6) is 0 Å². The van der Waals surface area contributed by atoms with Gasteiger partial charge < -0.3 is 4.90 Å². The molecule has 7 heteroatoms. The number of hydrogen-bond acceptors (Lipinski definition) is 7. The highest BCUT2D eigenvalue weighted by molar-refractivity contribution is 7.09. The molecule has 0 bridgehead atoms. The SMILES string of the molecule is Cc1nsc(Nc2ncc(C)c(N(C)C)n2)n1. The molecule has 0 amide bonds. The Morgan fingerprint density at radius 2 is 2.00 bits per heavy atom. The molecular formula is C10H14N6S. The highest BCUT2D eigenvalue weighted by Crippen LogP contribution is 2.19. The Morgan fingerprint density at radius 3 is 2.59 bits per heavy atom. The molecule has 90 valence electrons. The van der Waals surface area contributed by atoms with Crippen molar-refractivity contribution in [1.29, 1.82) is 0 Å². The van der Waals surface area contributed by atoms with Crippen LogP contribution in [0.4, 0.5) is 16.9 Å². The average molecular weight is 250 g/mol. The molecule has 0 saturated carbocycles. The molecule has 0 unspecified atom stereocenters. The van der Waals surface area contributed by atoms with Gasteiger partial charge in [-0.1, -0.05) is 0 Å². The number of aryl methyl sites for hydroxylation is 2. The maximum Gasteiger partial charge on any atom is 0.230 e. The van der Waals surface area contributed by atoms with E-state index in [2.05, 4.69) is 24.6 Å². The minimum Gasteiger partial charge on any atom is -0.362 e. The first-order valence-corrected chi connectivity index (χ1v) is 5.92. The van der Waals surface area contributed by atoms with Crippen molar-refractivity contribution >= 4 is 28.4 Å². The fraction of sp³-hybridized carbons (Fsp3) is 0.400. The van der Waals surface area contributed by atoms with Crippen molar-refractivity contribution in [3.05, 3.63) is 17.6 Å². The van der Waals surface area contributed by atoms with Gasteiger partial charge in [0.2, 0.25) is 11.1 Å². The maximum atomic E-state index is 4.42. The fourth-order valence-corrected chi connectivity index (χ4v) is 1.96. The Morgan fingerprint density at radius 1 is 1.24 bits per heavy atom. The van der Waals surface area contributed by atoms with Crippen LogP contribution < -0.4 is 10.2 Å². The lowest BCUT2D eigenvalue weighted by Gasteiger charge is -2.14. The summed E-state index contributed by atoms with van der Waals surface area (Å²) < 4.78 is 4.09. The molecule has 2 aromatic heterocycles. The van der Waals surface area contributed by atoms with Crippen LogP contribution in [0.15, 0.2) is 6.20 Å². The normalized spacial score (nSPS) is 10.4. The van der Waals surface area contributed by atoms with Crippen LogP contribution >= 0.6 is 11.5 Å². The maximum absolute atomic E-state index is 4.42. The van der Waals surface area contributed by atoms with Gasteiger partial charge in [0, 0.05) is 37.4 Å². The highest BCUT2D eigenvalue weighted by Gasteiger charge is 2.07. The van der Waals surface area contributed by atoms with Gasteiger partial charge in [0.05, 0.1) is 0 Å². The third-order valence-electron chi connectivity index (χ3n) is 2.11. The van der Waals surface area contributed by atoms with E-state index in [1.807, 2.05) is 32.8 Å². The third-order valence-corrected chi connectivity index (χ3v) is 2.84. The lowest BCUT2D eigenvalue weighted by atomic mass is 10.3. The molecule has 0 fully saturated rings. The Labute approximate surface area is 104 Å². The van der Waals surface area contributed by atoms with Gasteiger partial charge in [0.25, 0.3) is 0 Å². The lowest BCUT2D eigenvalue weighted by molar-refractivity contribution is 1.02. The van der Waals surface area contributed by atoms with Gasteiger partial charge in [-0.05, 0) is 13.8 Å². The molecule has 2 rings (SSSR count). The van der Waals surface area contributed by atoms with Crippen LogP contribution in [0.2, 0.25) is 0 Å². The van der Waals surface area contributed by atoms with E-state index in [-0.39, 0.29) is 0 Å². The topological polar surface area (TPSA) is 66.8 Å². The smallest absolute Gasteiger partial charge is 0.230 e. The summed E-state index contributed by atoms with van der Waals surface area (Å²) in [6.07, 6.45) is 1.79. The molecule has 0 aliphatic carbocycles. The van der Waals surface area contributed by atoms with E-state index in [1.54, 1.807) is 6.20 Å². The van der Waals surface area contributed by atoms with Gasteiger partial charge in [0.1, 0.15) is 11.6 Å². The molecule has 2 heterocycles. The summed E-state index contributed by atoms with van der Waals surface area (Å²) in [5, 5.41) is 3.75. The van der Waals surface area contributed by atoms with Crippen molar-refractivity contribution < 1.29 is 0 Å². The van der Waals surface area contributed by atoms with Crippen molar-refractivity contribution in [3.8, 4) is 0 Å². The minimum atomic E-state index is 0.537. The zero-order chi connectivity index (χ0) is 12.4. The standard InChI is InChI=1S/C10H14N6S/c1-6-5-11-9(13-8(6)16(3)4)14-10-12-7(2)15-17-10/h5H,1-4H3,(H,11,12,13,14,15). The van der Waals surface area contributed by atoms with Crippen molar-refractivity contribution in [3.63, 3.8) is 0 Å². The van der Waals surface area contributed by atoms with Crippen LogP contribution in [0, 0.1) is 13.8 Å². The summed E-state index contributed by atoms with van der Waals surface area (Å²) in [6, 6.07) is 0. The van der Waals surface area contributed by atoms with Gasteiger partial charge in [-0.2, -0.15) is 9.36 Å². The van der Waals surface area contributed by atoms with Gasteiger partial charge >= 0.3 is 0 Å². The summed E-state index contributed by atoms with van der Waals surface area (Å²) in [5.74, 6) is 2.18. The molecule has 0 spiro atoms. The Bertz CT molecular complexity index is 521. The van der Waals surface area contributed by atoms with Crippen molar-refractivity contribution in [1.82, 2.24) is 19.3 Å². The summed E-state index contributed by atoms with van der Waals surface area (Å²) in [7, 11) is 3.91. The van der Waals surface area contributed by atoms with Crippen molar-refractivity contribution in [2.45, 2.75) is 13.8 Å². The van der Waals surface area contributed by atoms with Crippen LogP contribution in [-0.4, -0.2) is 33.4 Å². The van der Waals surface area contributed by atoms with E-state index < -0.39 is 0 Å². The molecule has 0 atom stereocenters. The summed E-state index contributed by atoms with van der Waals surface area (Å²) >= 11 is 1.30. The summed E-state index contributed by atoms with van der Waals surface area (Å²) in [4.78, 5) is 14.8. The number of nitrogens with zero attached hydrogens (tertiary/aromatic N) is 5. The lowest BCUT2D eigenvalue weighted by Crippen LogP contribution is -2.13. The average Bonchev–Trinajstić information content (AvgIpc) is 2.66.